The van der Waals surface area contributed by atoms with Gasteiger partial charge in [0.15, 0.2) is 0 Å². The van der Waals surface area contributed by atoms with Gasteiger partial charge in [-0.2, -0.15) is 9.57 Å². The lowest BCUT2D eigenvalue weighted by Crippen LogP contribution is -2.39. The first-order valence-corrected chi connectivity index (χ1v) is 8.31. The number of nitrogens with zero attached hydrogens (tertiary/aromatic N) is 2. The van der Waals surface area contributed by atoms with E-state index in [1.54, 1.807) is 13.8 Å². The van der Waals surface area contributed by atoms with Crippen LogP contribution in [0.15, 0.2) is 23.1 Å². The Morgan fingerprint density at radius 3 is 2.43 bits per heavy atom. The van der Waals surface area contributed by atoms with Crippen molar-refractivity contribution in [3.05, 3.63) is 29.3 Å². The van der Waals surface area contributed by atoms with E-state index in [1.807, 2.05) is 6.07 Å². The highest BCUT2D eigenvalue weighted by atomic mass is 32.2. The third-order valence-electron chi connectivity index (χ3n) is 3.98. The van der Waals surface area contributed by atoms with Gasteiger partial charge in [-0.15, -0.1) is 0 Å². The van der Waals surface area contributed by atoms with Crippen LogP contribution in [-0.2, 0) is 14.8 Å². The average molecular weight is 306 g/mol. The van der Waals surface area contributed by atoms with Gasteiger partial charge in [0.25, 0.3) is 0 Å². The summed E-state index contributed by atoms with van der Waals surface area (Å²) >= 11 is 0. The van der Waals surface area contributed by atoms with Crippen molar-refractivity contribution in [1.82, 2.24) is 4.31 Å². The molecule has 5 nitrogen and oxygen atoms in total. The first kappa shape index (κ1) is 15.7. The highest BCUT2D eigenvalue weighted by Gasteiger charge is 2.30. The fraction of sp³-hybridized carbons (Fsp3) is 0.467. The number of Topliss-reactive ketones (excluding diaryl/α,β-unsaturated/α-hetero) is 1. The summed E-state index contributed by atoms with van der Waals surface area (Å²) in [6, 6.07) is 6.56. The van der Waals surface area contributed by atoms with Crippen LogP contribution in [0.4, 0.5) is 0 Å². The van der Waals surface area contributed by atoms with E-state index < -0.39 is 10.0 Å². The number of piperidine rings is 1. The summed E-state index contributed by atoms with van der Waals surface area (Å²) in [7, 11) is -3.55. The van der Waals surface area contributed by atoms with Gasteiger partial charge in [-0.05, 0) is 50.5 Å². The smallest absolute Gasteiger partial charge is 0.243 e. The fourth-order valence-corrected chi connectivity index (χ4v) is 4.13. The number of carbonyl (C=O) groups is 1. The second kappa shape index (κ2) is 5.96. The van der Waals surface area contributed by atoms with Gasteiger partial charge in [-0.1, -0.05) is 0 Å². The Kier molecular flexibility index (Phi) is 4.45. The number of aryl methyl sites for hydroxylation is 1. The molecule has 0 atom stereocenters. The van der Waals surface area contributed by atoms with Crippen molar-refractivity contribution in [2.45, 2.75) is 31.6 Å². The molecule has 1 aliphatic rings. The molecule has 0 N–H and O–H groups in total. The minimum atomic E-state index is -3.55. The fourth-order valence-electron chi connectivity index (χ4n) is 2.57. The van der Waals surface area contributed by atoms with Crippen molar-refractivity contribution in [3.8, 4) is 6.07 Å². The summed E-state index contributed by atoms with van der Waals surface area (Å²) in [5, 5.41) is 8.90. The predicted octanol–water partition coefficient (Wildman–Crippen LogP) is 1.86. The van der Waals surface area contributed by atoms with E-state index in [0.29, 0.717) is 37.1 Å². The molecule has 1 aromatic rings. The molecule has 0 amide bonds. The van der Waals surface area contributed by atoms with Crippen molar-refractivity contribution in [2.24, 2.45) is 5.92 Å². The van der Waals surface area contributed by atoms with E-state index in [-0.39, 0.29) is 16.6 Å². The normalized spacial score (nSPS) is 17.4. The number of sulfonamides is 1. The first-order chi connectivity index (χ1) is 9.86. The zero-order chi connectivity index (χ0) is 15.6. The van der Waals surface area contributed by atoms with Crippen molar-refractivity contribution < 1.29 is 13.2 Å². The number of rotatable bonds is 3. The Hall–Kier alpha value is -1.71. The number of hydrogen-bond acceptors (Lipinski definition) is 4. The first-order valence-electron chi connectivity index (χ1n) is 6.87. The zero-order valence-corrected chi connectivity index (χ0v) is 13.0. The molecular weight excluding hydrogens is 288 g/mol. The molecule has 21 heavy (non-hydrogen) atoms. The summed E-state index contributed by atoms with van der Waals surface area (Å²) in [5.41, 5.74) is 1.13. The molecule has 1 aromatic carbocycles. The zero-order valence-electron chi connectivity index (χ0n) is 12.2. The molecule has 1 aliphatic heterocycles. The van der Waals surface area contributed by atoms with Gasteiger partial charge in [0, 0.05) is 19.0 Å². The minimum absolute atomic E-state index is 0.0286. The van der Waals surface area contributed by atoms with E-state index in [9.17, 15) is 13.2 Å². The number of hydrogen-bond donors (Lipinski definition) is 0. The summed E-state index contributed by atoms with van der Waals surface area (Å²) in [5.74, 6) is 0.0976. The van der Waals surface area contributed by atoms with Crippen molar-refractivity contribution >= 4 is 15.8 Å². The summed E-state index contributed by atoms with van der Waals surface area (Å²) in [4.78, 5) is 11.6. The third kappa shape index (κ3) is 3.14. The van der Waals surface area contributed by atoms with Gasteiger partial charge >= 0.3 is 0 Å². The van der Waals surface area contributed by atoms with Gasteiger partial charge in [0.05, 0.1) is 16.5 Å². The molecule has 1 heterocycles. The molecule has 112 valence electrons. The van der Waals surface area contributed by atoms with E-state index in [0.717, 1.165) is 0 Å². The van der Waals surface area contributed by atoms with Crippen LogP contribution < -0.4 is 0 Å². The Morgan fingerprint density at radius 1 is 1.33 bits per heavy atom. The molecule has 0 unspecified atom stereocenters. The monoisotopic (exact) mass is 306 g/mol. The quantitative estimate of drug-likeness (QED) is 0.854. The highest BCUT2D eigenvalue weighted by Crippen LogP contribution is 2.25. The number of nitriles is 1. The molecule has 2 rings (SSSR count). The van der Waals surface area contributed by atoms with E-state index >= 15 is 0 Å². The van der Waals surface area contributed by atoms with Crippen molar-refractivity contribution in [3.63, 3.8) is 0 Å². The van der Waals surface area contributed by atoms with Gasteiger partial charge in [0.1, 0.15) is 5.78 Å². The van der Waals surface area contributed by atoms with Crippen LogP contribution in [0.3, 0.4) is 0 Å². The lowest BCUT2D eigenvalue weighted by atomic mass is 9.95. The Balaban J connectivity index is 2.22. The molecule has 0 saturated carbocycles. The van der Waals surface area contributed by atoms with Gasteiger partial charge < -0.3 is 0 Å². The number of carbonyl (C=O) groups excluding carboxylic acids is 1. The second-order valence-electron chi connectivity index (χ2n) is 5.38. The predicted molar refractivity (Wildman–Crippen MR) is 78.1 cm³/mol. The molecule has 0 aromatic heterocycles. The van der Waals surface area contributed by atoms with E-state index in [4.69, 9.17) is 5.26 Å². The van der Waals surface area contributed by atoms with Gasteiger partial charge in [0.2, 0.25) is 10.0 Å². The molecule has 0 spiro atoms. The minimum Gasteiger partial charge on any atom is -0.300 e. The summed E-state index contributed by atoms with van der Waals surface area (Å²) in [6.45, 7) is 4.01. The third-order valence-corrected chi connectivity index (χ3v) is 5.88. The maximum Gasteiger partial charge on any atom is 0.243 e. The number of benzene rings is 1. The van der Waals surface area contributed by atoms with Crippen LogP contribution in [0.1, 0.15) is 30.9 Å². The van der Waals surface area contributed by atoms with Crippen LogP contribution in [-0.4, -0.2) is 31.6 Å². The molecule has 6 heteroatoms. The van der Waals surface area contributed by atoms with Crippen molar-refractivity contribution in [2.75, 3.05) is 13.1 Å². The molecule has 0 bridgehead atoms. The highest BCUT2D eigenvalue weighted by molar-refractivity contribution is 7.89. The van der Waals surface area contributed by atoms with Gasteiger partial charge in [-0.25, -0.2) is 8.42 Å². The lowest BCUT2D eigenvalue weighted by Gasteiger charge is -2.30. The average Bonchev–Trinajstić information content (AvgIpc) is 2.47. The van der Waals surface area contributed by atoms with Crippen LogP contribution in [0, 0.1) is 24.2 Å². The Labute approximate surface area is 125 Å². The summed E-state index contributed by atoms with van der Waals surface area (Å²) < 4.78 is 26.6. The van der Waals surface area contributed by atoms with E-state index in [1.165, 1.54) is 22.5 Å². The van der Waals surface area contributed by atoms with Crippen LogP contribution in [0.25, 0.3) is 0 Å². The maximum absolute atomic E-state index is 12.6. The lowest BCUT2D eigenvalue weighted by molar-refractivity contribution is -0.121. The SMILES string of the molecule is CC(=O)C1CCN(S(=O)(=O)c2ccc(C#N)c(C)c2)CC1. The molecule has 1 saturated heterocycles. The standard InChI is InChI=1S/C15H18N2O3S/c1-11-9-15(4-3-14(11)10-16)21(19,20)17-7-5-13(6-8-17)12(2)18/h3-4,9,13H,5-8H2,1-2H3. The second-order valence-corrected chi connectivity index (χ2v) is 7.32. The Morgan fingerprint density at radius 2 is 1.95 bits per heavy atom. The number of ketones is 1. The van der Waals surface area contributed by atoms with Crippen molar-refractivity contribution in [1.29, 1.82) is 5.26 Å². The Bertz CT molecular complexity index is 696. The van der Waals surface area contributed by atoms with Crippen LogP contribution in [0.2, 0.25) is 0 Å². The van der Waals surface area contributed by atoms with Crippen LogP contribution in [0.5, 0.6) is 0 Å². The molecule has 0 aliphatic carbocycles. The topological polar surface area (TPSA) is 78.2 Å². The van der Waals surface area contributed by atoms with E-state index in [2.05, 4.69) is 0 Å². The van der Waals surface area contributed by atoms with Gasteiger partial charge in [-0.3, -0.25) is 4.79 Å². The molecule has 0 radical (unpaired) electrons. The molecule has 1 fully saturated rings. The maximum atomic E-state index is 12.6. The summed E-state index contributed by atoms with van der Waals surface area (Å²) in [6.07, 6.45) is 1.15. The molecular formula is C15H18N2O3S. The van der Waals surface area contributed by atoms with Crippen LogP contribution >= 0.6 is 0 Å². The largest absolute Gasteiger partial charge is 0.300 e.